The van der Waals surface area contributed by atoms with Crippen molar-refractivity contribution in [3.8, 4) is 0 Å². The molecule has 0 atom stereocenters. The van der Waals surface area contributed by atoms with Gasteiger partial charge in [-0.15, -0.1) is 11.3 Å². The van der Waals surface area contributed by atoms with Crippen LogP contribution in [0.4, 0.5) is 0 Å². The van der Waals surface area contributed by atoms with Crippen molar-refractivity contribution < 1.29 is 0 Å². The van der Waals surface area contributed by atoms with Gasteiger partial charge >= 0.3 is 0 Å². The maximum absolute atomic E-state index is 4.14. The van der Waals surface area contributed by atoms with Crippen LogP contribution in [0.2, 0.25) is 0 Å². The van der Waals surface area contributed by atoms with Crippen molar-refractivity contribution in [1.82, 2.24) is 9.97 Å². The highest BCUT2D eigenvalue weighted by Gasteiger charge is 2.03. The van der Waals surface area contributed by atoms with Crippen molar-refractivity contribution in [2.24, 2.45) is 0 Å². The quantitative estimate of drug-likeness (QED) is 0.538. The van der Waals surface area contributed by atoms with Crippen LogP contribution in [0.3, 0.4) is 0 Å². The molecular formula is C10H5N2S. The van der Waals surface area contributed by atoms with Gasteiger partial charge in [-0.1, -0.05) is 18.2 Å². The molecule has 0 saturated heterocycles. The summed E-state index contributed by atoms with van der Waals surface area (Å²) in [6, 6.07) is 8.24. The average molecular weight is 185 g/mol. The van der Waals surface area contributed by atoms with E-state index in [2.05, 4.69) is 28.4 Å². The fourth-order valence-electron chi connectivity index (χ4n) is 1.42. The summed E-state index contributed by atoms with van der Waals surface area (Å²) in [5, 5.41) is 1.20. The zero-order valence-electron chi connectivity index (χ0n) is 6.69. The maximum atomic E-state index is 4.14. The molecule has 0 aliphatic rings. The molecule has 0 aliphatic heterocycles. The van der Waals surface area contributed by atoms with Crippen LogP contribution in [0.5, 0.6) is 0 Å². The second-order valence-corrected chi connectivity index (χ2v) is 3.86. The number of rotatable bonds is 0. The molecule has 3 heteroatoms. The van der Waals surface area contributed by atoms with E-state index >= 15 is 0 Å². The van der Waals surface area contributed by atoms with Crippen molar-refractivity contribution in [2.45, 2.75) is 0 Å². The van der Waals surface area contributed by atoms with E-state index in [4.69, 9.17) is 0 Å². The van der Waals surface area contributed by atoms with Gasteiger partial charge in [-0.2, -0.15) is 0 Å². The molecule has 0 bridgehead atoms. The average Bonchev–Trinajstić information content (AvgIpc) is 2.56. The Morgan fingerprint density at radius 2 is 2.08 bits per heavy atom. The predicted molar refractivity (Wildman–Crippen MR) is 53.8 cm³/mol. The molecule has 2 heterocycles. The third-order valence-corrected chi connectivity index (χ3v) is 3.09. The molecule has 0 amide bonds. The number of fused-ring (bicyclic) bond motifs is 3. The second-order valence-electron chi connectivity index (χ2n) is 2.78. The fourth-order valence-corrected chi connectivity index (χ4v) is 2.44. The normalized spacial score (nSPS) is 11.1. The molecule has 13 heavy (non-hydrogen) atoms. The topological polar surface area (TPSA) is 25.8 Å². The van der Waals surface area contributed by atoms with E-state index in [1.165, 1.54) is 10.1 Å². The lowest BCUT2D eigenvalue weighted by molar-refractivity contribution is 1.21. The molecular weight excluding hydrogens is 180 g/mol. The van der Waals surface area contributed by atoms with Crippen LogP contribution < -0.4 is 0 Å². The van der Waals surface area contributed by atoms with Crippen LogP contribution in [-0.4, -0.2) is 9.97 Å². The summed E-state index contributed by atoms with van der Waals surface area (Å²) in [4.78, 5) is 8.03. The summed E-state index contributed by atoms with van der Waals surface area (Å²) >= 11 is 1.72. The molecule has 0 saturated carbocycles. The Bertz CT molecular complexity index is 521. The van der Waals surface area contributed by atoms with E-state index in [9.17, 15) is 0 Å². The molecule has 1 aromatic carbocycles. The Labute approximate surface area is 78.9 Å². The Morgan fingerprint density at radius 1 is 1.15 bits per heavy atom. The lowest BCUT2D eigenvalue weighted by atomic mass is 10.2. The highest BCUT2D eigenvalue weighted by Crippen LogP contribution is 2.30. The summed E-state index contributed by atoms with van der Waals surface area (Å²) < 4.78 is 2.38. The van der Waals surface area contributed by atoms with Crippen LogP contribution in [0.15, 0.2) is 30.5 Å². The SMILES string of the molecule is [c]1ncc2sc3ccccc3c2n1. The Kier molecular flexibility index (Phi) is 1.34. The van der Waals surface area contributed by atoms with Gasteiger partial charge < -0.3 is 0 Å². The van der Waals surface area contributed by atoms with Gasteiger partial charge in [0.25, 0.3) is 0 Å². The lowest BCUT2D eigenvalue weighted by Crippen LogP contribution is -1.75. The Morgan fingerprint density at radius 3 is 3.08 bits per heavy atom. The minimum Gasteiger partial charge on any atom is -0.232 e. The maximum Gasteiger partial charge on any atom is 0.198 e. The fraction of sp³-hybridized carbons (Fsp3) is 0. The zero-order valence-corrected chi connectivity index (χ0v) is 7.51. The number of nitrogens with zero attached hydrogens (tertiary/aromatic N) is 2. The number of hydrogen-bond acceptors (Lipinski definition) is 3. The van der Waals surface area contributed by atoms with Crippen molar-refractivity contribution >= 4 is 31.6 Å². The lowest BCUT2D eigenvalue weighted by Gasteiger charge is -1.86. The van der Waals surface area contributed by atoms with Crippen molar-refractivity contribution in [1.29, 1.82) is 0 Å². The van der Waals surface area contributed by atoms with Crippen LogP contribution in [0, 0.1) is 6.33 Å². The summed E-state index contributed by atoms with van der Waals surface area (Å²) in [5.74, 6) is 0. The molecule has 2 aromatic heterocycles. The number of benzene rings is 1. The zero-order chi connectivity index (χ0) is 8.67. The van der Waals surface area contributed by atoms with Gasteiger partial charge in [0.15, 0.2) is 6.33 Å². The van der Waals surface area contributed by atoms with Gasteiger partial charge in [0, 0.05) is 16.3 Å². The number of thiophene rings is 1. The molecule has 61 valence electrons. The van der Waals surface area contributed by atoms with E-state index in [1.54, 1.807) is 11.3 Å². The number of aromatic nitrogens is 2. The molecule has 0 N–H and O–H groups in total. The highest BCUT2D eigenvalue weighted by atomic mass is 32.1. The first-order valence-electron chi connectivity index (χ1n) is 3.95. The van der Waals surface area contributed by atoms with Crippen molar-refractivity contribution in [2.75, 3.05) is 0 Å². The van der Waals surface area contributed by atoms with Gasteiger partial charge in [0.05, 0.1) is 10.2 Å². The predicted octanol–water partition coefficient (Wildman–Crippen LogP) is 2.64. The summed E-state index contributed by atoms with van der Waals surface area (Å²) in [6.07, 6.45) is 4.43. The largest absolute Gasteiger partial charge is 0.232 e. The molecule has 0 spiro atoms. The van der Waals surface area contributed by atoms with Crippen LogP contribution >= 0.6 is 11.3 Å². The van der Waals surface area contributed by atoms with Crippen LogP contribution in [0.25, 0.3) is 20.3 Å². The van der Waals surface area contributed by atoms with Gasteiger partial charge in [0.1, 0.15) is 0 Å². The molecule has 3 aromatic rings. The Balaban J connectivity index is 2.64. The van der Waals surface area contributed by atoms with Gasteiger partial charge in [0.2, 0.25) is 0 Å². The third-order valence-electron chi connectivity index (χ3n) is 2.00. The van der Waals surface area contributed by atoms with Gasteiger partial charge in [-0.25, -0.2) is 9.97 Å². The highest BCUT2D eigenvalue weighted by molar-refractivity contribution is 7.25. The van der Waals surface area contributed by atoms with E-state index in [0.29, 0.717) is 0 Å². The first-order valence-corrected chi connectivity index (χ1v) is 4.77. The first-order chi connectivity index (χ1) is 6.45. The van der Waals surface area contributed by atoms with E-state index in [0.717, 1.165) is 10.2 Å². The van der Waals surface area contributed by atoms with E-state index in [-0.39, 0.29) is 0 Å². The van der Waals surface area contributed by atoms with E-state index in [1.807, 2.05) is 18.3 Å². The number of hydrogen-bond donors (Lipinski definition) is 0. The second kappa shape index (κ2) is 2.50. The third kappa shape index (κ3) is 0.939. The molecule has 0 unspecified atom stereocenters. The monoisotopic (exact) mass is 185 g/mol. The van der Waals surface area contributed by atoms with Gasteiger partial charge in [-0.3, -0.25) is 0 Å². The summed E-state index contributed by atoms with van der Waals surface area (Å²) in [7, 11) is 0. The summed E-state index contributed by atoms with van der Waals surface area (Å²) in [6.45, 7) is 0. The summed E-state index contributed by atoms with van der Waals surface area (Å²) in [5.41, 5.74) is 1.01. The standard InChI is InChI=1S/C10H5N2S/c1-2-4-8-7(3-1)10-9(13-8)5-11-6-12-10/h1-5H. The van der Waals surface area contributed by atoms with E-state index < -0.39 is 0 Å². The first kappa shape index (κ1) is 6.97. The molecule has 2 nitrogen and oxygen atoms in total. The smallest absolute Gasteiger partial charge is 0.198 e. The minimum atomic E-state index is 1.01. The van der Waals surface area contributed by atoms with Gasteiger partial charge in [-0.05, 0) is 6.07 Å². The van der Waals surface area contributed by atoms with Crippen molar-refractivity contribution in [3.63, 3.8) is 0 Å². The molecule has 0 fully saturated rings. The minimum absolute atomic E-state index is 1.01. The molecule has 0 aliphatic carbocycles. The molecule has 1 radical (unpaired) electrons. The Hall–Kier alpha value is -1.48. The van der Waals surface area contributed by atoms with Crippen LogP contribution in [0.1, 0.15) is 0 Å². The van der Waals surface area contributed by atoms with Crippen LogP contribution in [-0.2, 0) is 0 Å². The molecule has 3 rings (SSSR count). The van der Waals surface area contributed by atoms with Crippen molar-refractivity contribution in [3.05, 3.63) is 36.8 Å².